The number of benzene rings is 1. The van der Waals surface area contributed by atoms with Crippen LogP contribution < -0.4 is 5.32 Å². The molecule has 1 amide bonds. The summed E-state index contributed by atoms with van der Waals surface area (Å²) in [6.45, 7) is 7.41. The molecule has 1 unspecified atom stereocenters. The largest absolute Gasteiger partial charge is 0.481 e. The molecule has 19 heavy (non-hydrogen) atoms. The Bertz CT molecular complexity index is 496. The first-order valence-corrected chi connectivity index (χ1v) is 6.39. The van der Waals surface area contributed by atoms with E-state index in [1.54, 1.807) is 19.9 Å². The van der Waals surface area contributed by atoms with Crippen LogP contribution in [0.15, 0.2) is 18.2 Å². The number of amides is 1. The van der Waals surface area contributed by atoms with Crippen molar-refractivity contribution in [1.29, 1.82) is 0 Å². The molecule has 1 aromatic carbocycles. The Balaban J connectivity index is 2.78. The molecule has 0 fully saturated rings. The Labute approximate surface area is 113 Å². The lowest BCUT2D eigenvalue weighted by molar-refractivity contribution is -0.147. The molecule has 0 bridgehead atoms. The topological polar surface area (TPSA) is 66.4 Å². The van der Waals surface area contributed by atoms with Gasteiger partial charge in [0.2, 0.25) is 0 Å². The van der Waals surface area contributed by atoms with Crippen LogP contribution in [0, 0.1) is 19.3 Å². The van der Waals surface area contributed by atoms with Crippen LogP contribution in [0.25, 0.3) is 0 Å². The Morgan fingerprint density at radius 1 is 1.32 bits per heavy atom. The van der Waals surface area contributed by atoms with Crippen LogP contribution in [0.5, 0.6) is 0 Å². The minimum atomic E-state index is -0.922. The number of aryl methyl sites for hydroxylation is 2. The summed E-state index contributed by atoms with van der Waals surface area (Å²) in [5, 5.41) is 11.9. The first kappa shape index (κ1) is 15.2. The van der Waals surface area contributed by atoms with Crippen LogP contribution in [0.4, 0.5) is 0 Å². The Kier molecular flexibility index (Phi) is 4.70. The minimum Gasteiger partial charge on any atom is -0.481 e. The van der Waals surface area contributed by atoms with Gasteiger partial charge in [0, 0.05) is 12.1 Å². The predicted octanol–water partition coefficient (Wildman–Crippen LogP) is 2.53. The molecule has 2 N–H and O–H groups in total. The molecule has 0 aliphatic heterocycles. The average molecular weight is 263 g/mol. The number of hydrogen-bond acceptors (Lipinski definition) is 2. The van der Waals surface area contributed by atoms with Crippen molar-refractivity contribution in [3.05, 3.63) is 34.9 Å². The number of nitrogens with one attached hydrogen (secondary N) is 1. The summed E-state index contributed by atoms with van der Waals surface area (Å²) in [4.78, 5) is 23.2. The molecule has 0 saturated heterocycles. The number of carbonyl (C=O) groups excluding carboxylic acids is 1. The van der Waals surface area contributed by atoms with Gasteiger partial charge in [-0.05, 0) is 38.8 Å². The second kappa shape index (κ2) is 5.87. The van der Waals surface area contributed by atoms with Gasteiger partial charge in [-0.15, -0.1) is 0 Å². The van der Waals surface area contributed by atoms with Gasteiger partial charge in [0.1, 0.15) is 0 Å². The van der Waals surface area contributed by atoms with E-state index in [2.05, 4.69) is 5.32 Å². The molecule has 0 heterocycles. The number of carboxylic acids is 1. The molecular formula is C15H21NO3. The third-order valence-corrected chi connectivity index (χ3v) is 3.56. The summed E-state index contributed by atoms with van der Waals surface area (Å²) < 4.78 is 0. The van der Waals surface area contributed by atoms with Gasteiger partial charge in [0.25, 0.3) is 5.91 Å². The molecule has 4 nitrogen and oxygen atoms in total. The molecule has 0 aliphatic carbocycles. The lowest BCUT2D eigenvalue weighted by Gasteiger charge is -2.23. The standard InChI is InChI=1S/C15H21NO3/c1-5-15(4,14(18)19)9-16-13(17)12-7-6-10(2)8-11(12)3/h6-8H,5,9H2,1-4H3,(H,16,17)(H,18,19). The summed E-state index contributed by atoms with van der Waals surface area (Å²) in [6, 6.07) is 5.58. The van der Waals surface area contributed by atoms with Gasteiger partial charge >= 0.3 is 5.97 Å². The summed E-state index contributed by atoms with van der Waals surface area (Å²) >= 11 is 0. The summed E-state index contributed by atoms with van der Waals surface area (Å²) in [6.07, 6.45) is 0.468. The Morgan fingerprint density at radius 2 is 1.95 bits per heavy atom. The van der Waals surface area contributed by atoms with Crippen molar-refractivity contribution < 1.29 is 14.7 Å². The summed E-state index contributed by atoms with van der Waals surface area (Å²) in [5.41, 5.74) is 1.66. The SMILES string of the molecule is CCC(C)(CNC(=O)c1ccc(C)cc1C)C(=O)O. The van der Waals surface area contributed by atoms with Gasteiger partial charge < -0.3 is 10.4 Å². The second-order valence-electron chi connectivity index (χ2n) is 5.22. The first-order valence-electron chi connectivity index (χ1n) is 6.39. The molecule has 1 aromatic rings. The van der Waals surface area contributed by atoms with Gasteiger partial charge in [-0.25, -0.2) is 0 Å². The molecule has 0 aliphatic rings. The fraction of sp³-hybridized carbons (Fsp3) is 0.467. The van der Waals surface area contributed by atoms with Crippen molar-refractivity contribution in [2.75, 3.05) is 6.54 Å². The third-order valence-electron chi connectivity index (χ3n) is 3.56. The van der Waals surface area contributed by atoms with Crippen molar-refractivity contribution in [1.82, 2.24) is 5.32 Å². The van der Waals surface area contributed by atoms with Crippen LogP contribution in [-0.4, -0.2) is 23.5 Å². The molecule has 0 radical (unpaired) electrons. The lowest BCUT2D eigenvalue weighted by atomic mass is 9.87. The normalized spacial score (nSPS) is 13.7. The van der Waals surface area contributed by atoms with E-state index < -0.39 is 11.4 Å². The first-order chi connectivity index (χ1) is 8.80. The molecule has 0 saturated carbocycles. The number of carboxylic acid groups (broad SMARTS) is 1. The number of carbonyl (C=O) groups is 2. The maximum absolute atomic E-state index is 12.1. The van der Waals surface area contributed by atoms with Crippen molar-refractivity contribution in [3.8, 4) is 0 Å². The monoisotopic (exact) mass is 263 g/mol. The van der Waals surface area contributed by atoms with Gasteiger partial charge in [0.15, 0.2) is 0 Å². The van der Waals surface area contributed by atoms with E-state index in [0.29, 0.717) is 12.0 Å². The molecule has 104 valence electrons. The number of rotatable bonds is 5. The second-order valence-corrected chi connectivity index (χ2v) is 5.22. The number of hydrogen-bond donors (Lipinski definition) is 2. The summed E-state index contributed by atoms with van der Waals surface area (Å²) in [5.74, 6) is -1.12. The van der Waals surface area contributed by atoms with Gasteiger partial charge in [-0.1, -0.05) is 24.6 Å². The Morgan fingerprint density at radius 3 is 2.42 bits per heavy atom. The van der Waals surface area contributed by atoms with E-state index in [0.717, 1.165) is 11.1 Å². The maximum atomic E-state index is 12.1. The molecule has 1 rings (SSSR count). The van der Waals surface area contributed by atoms with Crippen molar-refractivity contribution >= 4 is 11.9 Å². The maximum Gasteiger partial charge on any atom is 0.311 e. The average Bonchev–Trinajstić information content (AvgIpc) is 2.35. The predicted molar refractivity (Wildman–Crippen MR) is 74.3 cm³/mol. The Hall–Kier alpha value is -1.84. The smallest absolute Gasteiger partial charge is 0.311 e. The van der Waals surface area contributed by atoms with Crippen LogP contribution >= 0.6 is 0 Å². The molecule has 0 aromatic heterocycles. The fourth-order valence-corrected chi connectivity index (χ4v) is 1.79. The summed E-state index contributed by atoms with van der Waals surface area (Å²) in [7, 11) is 0. The highest BCUT2D eigenvalue weighted by Gasteiger charge is 2.31. The van der Waals surface area contributed by atoms with Crippen molar-refractivity contribution in [2.24, 2.45) is 5.41 Å². The van der Waals surface area contributed by atoms with E-state index in [1.165, 1.54) is 0 Å². The highest BCUT2D eigenvalue weighted by atomic mass is 16.4. The highest BCUT2D eigenvalue weighted by molar-refractivity contribution is 5.96. The van der Waals surface area contributed by atoms with Crippen LogP contribution in [-0.2, 0) is 4.79 Å². The van der Waals surface area contributed by atoms with E-state index in [1.807, 2.05) is 26.0 Å². The zero-order chi connectivity index (χ0) is 14.6. The van der Waals surface area contributed by atoms with E-state index in [-0.39, 0.29) is 12.5 Å². The fourth-order valence-electron chi connectivity index (χ4n) is 1.79. The van der Waals surface area contributed by atoms with Crippen molar-refractivity contribution in [2.45, 2.75) is 34.1 Å². The van der Waals surface area contributed by atoms with Crippen LogP contribution in [0.2, 0.25) is 0 Å². The highest BCUT2D eigenvalue weighted by Crippen LogP contribution is 2.20. The van der Waals surface area contributed by atoms with Crippen LogP contribution in [0.1, 0.15) is 41.8 Å². The third kappa shape index (κ3) is 3.56. The van der Waals surface area contributed by atoms with E-state index in [4.69, 9.17) is 5.11 Å². The van der Waals surface area contributed by atoms with Crippen LogP contribution in [0.3, 0.4) is 0 Å². The zero-order valence-electron chi connectivity index (χ0n) is 11.9. The van der Waals surface area contributed by atoms with E-state index in [9.17, 15) is 9.59 Å². The van der Waals surface area contributed by atoms with Crippen molar-refractivity contribution in [3.63, 3.8) is 0 Å². The molecular weight excluding hydrogens is 242 g/mol. The van der Waals surface area contributed by atoms with Gasteiger partial charge in [0.05, 0.1) is 5.41 Å². The quantitative estimate of drug-likeness (QED) is 0.858. The number of aliphatic carboxylic acids is 1. The minimum absolute atomic E-state index is 0.130. The van der Waals surface area contributed by atoms with Gasteiger partial charge in [-0.2, -0.15) is 0 Å². The van der Waals surface area contributed by atoms with Gasteiger partial charge in [-0.3, -0.25) is 9.59 Å². The molecule has 0 spiro atoms. The zero-order valence-corrected chi connectivity index (χ0v) is 11.9. The molecule has 1 atom stereocenters. The lowest BCUT2D eigenvalue weighted by Crippen LogP contribution is -2.40. The molecule has 4 heteroatoms. The van der Waals surface area contributed by atoms with E-state index >= 15 is 0 Å².